The van der Waals surface area contributed by atoms with Gasteiger partial charge in [-0.05, 0) is 46.8 Å². The molecule has 8 nitrogen and oxygen atoms in total. The SMILES string of the molecule is Cc1ccc(-c2nnc([C@H](C)OC(=O)CCNC(=O)OC(C)(C)C)o2)cc1. The number of benzene rings is 1. The van der Waals surface area contributed by atoms with Gasteiger partial charge in [0.25, 0.3) is 5.89 Å². The van der Waals surface area contributed by atoms with Gasteiger partial charge in [0.2, 0.25) is 5.89 Å². The van der Waals surface area contributed by atoms with Crippen molar-refractivity contribution < 1.29 is 23.5 Å². The largest absolute Gasteiger partial charge is 0.453 e. The molecule has 2 aromatic rings. The van der Waals surface area contributed by atoms with Crippen molar-refractivity contribution in [2.75, 3.05) is 6.54 Å². The van der Waals surface area contributed by atoms with Gasteiger partial charge in [-0.1, -0.05) is 17.7 Å². The summed E-state index contributed by atoms with van der Waals surface area (Å²) in [5.74, 6) is 0.0761. The van der Waals surface area contributed by atoms with E-state index in [0.717, 1.165) is 11.1 Å². The molecule has 1 aromatic carbocycles. The fraction of sp³-hybridized carbons (Fsp3) is 0.474. The van der Waals surface area contributed by atoms with Crippen molar-refractivity contribution >= 4 is 12.1 Å². The molecule has 0 aliphatic heterocycles. The lowest BCUT2D eigenvalue weighted by Crippen LogP contribution is -2.33. The molecule has 1 aromatic heterocycles. The Kier molecular flexibility index (Phi) is 6.55. The molecule has 0 saturated carbocycles. The highest BCUT2D eigenvalue weighted by Crippen LogP contribution is 2.22. The fourth-order valence-corrected chi connectivity index (χ4v) is 2.10. The number of hydrogen-bond acceptors (Lipinski definition) is 7. The van der Waals surface area contributed by atoms with E-state index < -0.39 is 23.8 Å². The first-order valence-electron chi connectivity index (χ1n) is 8.71. The topological polar surface area (TPSA) is 104 Å². The first kappa shape index (κ1) is 20.4. The van der Waals surface area contributed by atoms with Crippen LogP contribution in [-0.2, 0) is 14.3 Å². The number of hydrogen-bond donors (Lipinski definition) is 1. The smallest absolute Gasteiger partial charge is 0.407 e. The van der Waals surface area contributed by atoms with E-state index in [1.165, 1.54) is 0 Å². The van der Waals surface area contributed by atoms with Crippen molar-refractivity contribution in [3.63, 3.8) is 0 Å². The van der Waals surface area contributed by atoms with Crippen LogP contribution < -0.4 is 5.32 Å². The molecular formula is C19H25N3O5. The minimum atomic E-state index is -0.689. The quantitative estimate of drug-likeness (QED) is 0.770. The summed E-state index contributed by atoms with van der Waals surface area (Å²) in [7, 11) is 0. The van der Waals surface area contributed by atoms with Crippen LogP contribution in [0, 0.1) is 6.92 Å². The lowest BCUT2D eigenvalue weighted by molar-refractivity contribution is -0.149. The second kappa shape index (κ2) is 8.66. The van der Waals surface area contributed by atoms with Gasteiger partial charge in [0.05, 0.1) is 6.42 Å². The van der Waals surface area contributed by atoms with E-state index in [2.05, 4.69) is 15.5 Å². The molecule has 146 valence electrons. The van der Waals surface area contributed by atoms with E-state index in [0.29, 0.717) is 5.89 Å². The van der Waals surface area contributed by atoms with Crippen molar-refractivity contribution in [2.45, 2.75) is 52.7 Å². The third-order valence-corrected chi connectivity index (χ3v) is 3.39. The molecule has 0 aliphatic carbocycles. The van der Waals surface area contributed by atoms with Crippen molar-refractivity contribution in [1.82, 2.24) is 15.5 Å². The second-order valence-electron chi connectivity index (χ2n) is 7.12. The number of nitrogens with one attached hydrogen (secondary N) is 1. The number of carbonyl (C=O) groups is 2. The monoisotopic (exact) mass is 375 g/mol. The summed E-state index contributed by atoms with van der Waals surface area (Å²) >= 11 is 0. The Morgan fingerprint density at radius 2 is 1.85 bits per heavy atom. The summed E-state index contributed by atoms with van der Waals surface area (Å²) in [4.78, 5) is 23.4. The number of carbonyl (C=O) groups excluding carboxylic acids is 2. The van der Waals surface area contributed by atoms with Gasteiger partial charge in [0.15, 0.2) is 6.10 Å². The Morgan fingerprint density at radius 1 is 1.19 bits per heavy atom. The Balaban J connectivity index is 1.81. The average Bonchev–Trinajstić information content (AvgIpc) is 3.04. The molecule has 0 unspecified atom stereocenters. The Bertz CT molecular complexity index is 777. The zero-order valence-electron chi connectivity index (χ0n) is 16.2. The van der Waals surface area contributed by atoms with Crippen LogP contribution in [0.3, 0.4) is 0 Å². The summed E-state index contributed by atoms with van der Waals surface area (Å²) in [6.45, 7) is 9.03. The Hall–Kier alpha value is -2.90. The molecule has 1 N–H and O–H groups in total. The molecule has 27 heavy (non-hydrogen) atoms. The van der Waals surface area contributed by atoms with Gasteiger partial charge in [-0.25, -0.2) is 4.79 Å². The highest BCUT2D eigenvalue weighted by molar-refractivity contribution is 5.72. The van der Waals surface area contributed by atoms with Crippen LogP contribution in [0.1, 0.15) is 51.7 Å². The molecular weight excluding hydrogens is 350 g/mol. The molecule has 8 heteroatoms. The molecule has 1 atom stereocenters. The third-order valence-electron chi connectivity index (χ3n) is 3.39. The van der Waals surface area contributed by atoms with Crippen molar-refractivity contribution in [3.8, 4) is 11.5 Å². The van der Waals surface area contributed by atoms with Crippen LogP contribution in [0.2, 0.25) is 0 Å². The number of esters is 1. The summed E-state index contributed by atoms with van der Waals surface area (Å²) in [6.07, 6.45) is -1.27. The number of alkyl carbamates (subject to hydrolysis) is 1. The predicted octanol–water partition coefficient (Wildman–Crippen LogP) is 3.56. The highest BCUT2D eigenvalue weighted by atomic mass is 16.6. The molecule has 2 rings (SSSR count). The number of nitrogens with zero attached hydrogens (tertiary/aromatic N) is 2. The van der Waals surface area contributed by atoms with Gasteiger partial charge in [-0.15, -0.1) is 10.2 Å². The fourth-order valence-electron chi connectivity index (χ4n) is 2.10. The maximum atomic E-state index is 11.9. The van der Waals surface area contributed by atoms with Crippen LogP contribution in [0.5, 0.6) is 0 Å². The molecule has 0 aliphatic rings. The Labute approximate surface area is 158 Å². The summed E-state index contributed by atoms with van der Waals surface area (Å²) < 4.78 is 15.9. The van der Waals surface area contributed by atoms with Crippen molar-refractivity contribution in [1.29, 1.82) is 0 Å². The van der Waals surface area contributed by atoms with Crippen molar-refractivity contribution in [2.24, 2.45) is 0 Å². The van der Waals surface area contributed by atoms with Crippen LogP contribution in [0.15, 0.2) is 28.7 Å². The standard InChI is InChI=1S/C19H25N3O5/c1-12-6-8-14(9-7-12)17-22-21-16(26-17)13(2)25-15(23)10-11-20-18(24)27-19(3,4)5/h6-9,13H,10-11H2,1-5H3,(H,20,24)/t13-/m0/s1. The molecule has 0 radical (unpaired) electrons. The van der Waals surface area contributed by atoms with Crippen LogP contribution in [0.4, 0.5) is 4.79 Å². The van der Waals surface area contributed by atoms with E-state index in [1.54, 1.807) is 27.7 Å². The number of rotatable bonds is 6. The lowest BCUT2D eigenvalue weighted by atomic mass is 10.1. The minimum absolute atomic E-state index is 0.00252. The predicted molar refractivity (Wildman–Crippen MR) is 97.8 cm³/mol. The number of amides is 1. The molecule has 1 amide bonds. The van der Waals surface area contributed by atoms with Gasteiger partial charge in [-0.2, -0.15) is 0 Å². The van der Waals surface area contributed by atoms with Gasteiger partial charge >= 0.3 is 12.1 Å². The van der Waals surface area contributed by atoms with Crippen LogP contribution in [0.25, 0.3) is 11.5 Å². The van der Waals surface area contributed by atoms with Crippen LogP contribution in [-0.4, -0.2) is 34.4 Å². The minimum Gasteiger partial charge on any atom is -0.453 e. The zero-order chi connectivity index (χ0) is 20.0. The van der Waals surface area contributed by atoms with Gasteiger partial charge in [-0.3, -0.25) is 4.79 Å². The van der Waals surface area contributed by atoms with E-state index >= 15 is 0 Å². The van der Waals surface area contributed by atoms with Gasteiger partial charge < -0.3 is 19.2 Å². The molecule has 0 saturated heterocycles. The number of ether oxygens (including phenoxy) is 2. The first-order valence-corrected chi connectivity index (χ1v) is 8.71. The summed E-state index contributed by atoms with van der Waals surface area (Å²) in [6, 6.07) is 7.65. The van der Waals surface area contributed by atoms with E-state index in [4.69, 9.17) is 13.9 Å². The third kappa shape index (κ3) is 6.73. The second-order valence-corrected chi connectivity index (χ2v) is 7.12. The lowest BCUT2D eigenvalue weighted by Gasteiger charge is -2.19. The van der Waals surface area contributed by atoms with Crippen molar-refractivity contribution in [3.05, 3.63) is 35.7 Å². The van der Waals surface area contributed by atoms with Gasteiger partial charge in [0, 0.05) is 12.1 Å². The first-order chi connectivity index (χ1) is 12.6. The summed E-state index contributed by atoms with van der Waals surface area (Å²) in [5, 5.41) is 10.4. The molecule has 0 bridgehead atoms. The van der Waals surface area contributed by atoms with E-state index in [1.807, 2.05) is 31.2 Å². The maximum absolute atomic E-state index is 11.9. The number of aromatic nitrogens is 2. The number of aryl methyl sites for hydroxylation is 1. The van der Waals surface area contributed by atoms with E-state index in [-0.39, 0.29) is 18.9 Å². The molecule has 0 spiro atoms. The summed E-state index contributed by atoms with van der Waals surface area (Å²) in [5.41, 5.74) is 1.33. The maximum Gasteiger partial charge on any atom is 0.407 e. The normalized spacial score (nSPS) is 12.3. The van der Waals surface area contributed by atoms with E-state index in [9.17, 15) is 9.59 Å². The Morgan fingerprint density at radius 3 is 2.48 bits per heavy atom. The zero-order valence-corrected chi connectivity index (χ0v) is 16.2. The molecule has 0 fully saturated rings. The highest BCUT2D eigenvalue weighted by Gasteiger charge is 2.20. The van der Waals surface area contributed by atoms with Gasteiger partial charge in [0.1, 0.15) is 5.60 Å². The average molecular weight is 375 g/mol. The molecule has 1 heterocycles. The van der Waals surface area contributed by atoms with Crippen LogP contribution >= 0.6 is 0 Å².